The maximum absolute atomic E-state index is 10.6. The lowest BCUT2D eigenvalue weighted by atomic mass is 10.2. The summed E-state index contributed by atoms with van der Waals surface area (Å²) in [6.45, 7) is 3.95. The van der Waals surface area contributed by atoms with Crippen molar-refractivity contribution in [2.75, 3.05) is 14.2 Å². The molecule has 0 aromatic heterocycles. The van der Waals surface area contributed by atoms with E-state index in [1.165, 1.54) is 13.8 Å². The van der Waals surface area contributed by atoms with E-state index in [0.717, 1.165) is 11.1 Å². The zero-order chi connectivity index (χ0) is 22.5. The van der Waals surface area contributed by atoms with E-state index in [9.17, 15) is 9.59 Å². The molecule has 0 fully saturated rings. The molecule has 0 radical (unpaired) electrons. The lowest BCUT2D eigenvalue weighted by Crippen LogP contribution is -2.22. The van der Waals surface area contributed by atoms with Gasteiger partial charge < -0.3 is 29.2 Å². The van der Waals surface area contributed by atoms with E-state index in [4.69, 9.17) is 29.2 Å². The topological polar surface area (TPSA) is 112 Å². The summed E-state index contributed by atoms with van der Waals surface area (Å²) in [5.74, 6) is -0.877. The van der Waals surface area contributed by atoms with Crippen LogP contribution < -0.4 is 9.47 Å². The Bertz CT molecular complexity index is 738. The van der Waals surface area contributed by atoms with Crippen LogP contribution in [0.5, 0.6) is 11.5 Å². The minimum atomic E-state index is -0.979. The van der Waals surface area contributed by atoms with Crippen molar-refractivity contribution in [2.45, 2.75) is 39.3 Å². The lowest BCUT2D eigenvalue weighted by Gasteiger charge is -2.11. The smallest absolute Gasteiger partial charge is 0.344 e. The quantitative estimate of drug-likeness (QED) is 0.602. The Labute approximate surface area is 176 Å². The molecular weight excluding hydrogens is 392 g/mol. The Balaban J connectivity index is 0.000000300. The van der Waals surface area contributed by atoms with Gasteiger partial charge in [-0.25, -0.2) is 9.59 Å². The van der Waals surface area contributed by atoms with E-state index < -0.39 is 24.1 Å². The first-order valence-electron chi connectivity index (χ1n) is 9.21. The van der Waals surface area contributed by atoms with E-state index in [-0.39, 0.29) is 0 Å². The molecule has 0 spiro atoms. The zero-order valence-corrected chi connectivity index (χ0v) is 17.5. The minimum Gasteiger partial charge on any atom is -0.479 e. The maximum atomic E-state index is 10.6. The number of benzene rings is 2. The molecule has 0 saturated heterocycles. The molecule has 0 saturated carbocycles. The van der Waals surface area contributed by atoms with Crippen LogP contribution in [0.4, 0.5) is 0 Å². The Morgan fingerprint density at radius 1 is 0.767 bits per heavy atom. The number of aliphatic carboxylic acids is 2. The Morgan fingerprint density at radius 3 is 1.43 bits per heavy atom. The van der Waals surface area contributed by atoms with E-state index in [0.29, 0.717) is 24.7 Å². The maximum Gasteiger partial charge on any atom is 0.344 e. The fraction of sp³-hybridized carbons (Fsp3) is 0.364. The van der Waals surface area contributed by atoms with Gasteiger partial charge in [-0.2, -0.15) is 0 Å². The predicted octanol–water partition coefficient (Wildman–Crippen LogP) is 3.37. The third-order valence-electron chi connectivity index (χ3n) is 3.74. The van der Waals surface area contributed by atoms with Gasteiger partial charge >= 0.3 is 11.9 Å². The first-order chi connectivity index (χ1) is 14.3. The second-order valence-electron chi connectivity index (χ2n) is 6.36. The molecule has 0 bridgehead atoms. The molecule has 0 aliphatic carbocycles. The SMILES string of the molecule is COCc1cccc(OC(C)C(=O)O)c1.COCc1cccc(OC(C)C(=O)O)c1. The predicted molar refractivity (Wildman–Crippen MR) is 110 cm³/mol. The largest absolute Gasteiger partial charge is 0.479 e. The highest BCUT2D eigenvalue weighted by Crippen LogP contribution is 2.16. The van der Waals surface area contributed by atoms with Crippen molar-refractivity contribution < 1.29 is 38.7 Å². The first-order valence-corrected chi connectivity index (χ1v) is 9.21. The van der Waals surface area contributed by atoms with E-state index in [2.05, 4.69) is 0 Å². The van der Waals surface area contributed by atoms with Crippen LogP contribution in [0.2, 0.25) is 0 Å². The molecule has 30 heavy (non-hydrogen) atoms. The molecule has 2 N–H and O–H groups in total. The van der Waals surface area contributed by atoms with Crippen LogP contribution in [-0.4, -0.2) is 48.6 Å². The van der Waals surface area contributed by atoms with Crippen LogP contribution in [0, 0.1) is 0 Å². The number of methoxy groups -OCH3 is 2. The Hall–Kier alpha value is -3.10. The molecule has 8 nitrogen and oxygen atoms in total. The monoisotopic (exact) mass is 420 g/mol. The fourth-order valence-electron chi connectivity index (χ4n) is 2.26. The average molecular weight is 420 g/mol. The highest BCUT2D eigenvalue weighted by molar-refractivity contribution is 5.72. The summed E-state index contributed by atoms with van der Waals surface area (Å²) in [5.41, 5.74) is 1.90. The average Bonchev–Trinajstić information content (AvgIpc) is 2.69. The van der Waals surface area contributed by atoms with Crippen LogP contribution in [-0.2, 0) is 32.3 Å². The molecule has 2 unspecified atom stereocenters. The van der Waals surface area contributed by atoms with Gasteiger partial charge in [-0.15, -0.1) is 0 Å². The minimum absolute atomic E-state index is 0.485. The third-order valence-corrected chi connectivity index (χ3v) is 3.74. The van der Waals surface area contributed by atoms with Crippen LogP contribution in [0.3, 0.4) is 0 Å². The lowest BCUT2D eigenvalue weighted by molar-refractivity contribution is -0.145. The highest BCUT2D eigenvalue weighted by Gasteiger charge is 2.13. The van der Waals surface area contributed by atoms with Gasteiger partial charge in [-0.3, -0.25) is 0 Å². The van der Waals surface area contributed by atoms with E-state index in [1.54, 1.807) is 50.6 Å². The molecule has 164 valence electrons. The van der Waals surface area contributed by atoms with Crippen LogP contribution in [0.15, 0.2) is 48.5 Å². The summed E-state index contributed by atoms with van der Waals surface area (Å²) in [7, 11) is 3.21. The van der Waals surface area contributed by atoms with Gasteiger partial charge in [0.05, 0.1) is 13.2 Å². The van der Waals surface area contributed by atoms with Crippen molar-refractivity contribution in [3.63, 3.8) is 0 Å². The summed E-state index contributed by atoms with van der Waals surface area (Å²) in [6.07, 6.45) is -1.69. The summed E-state index contributed by atoms with van der Waals surface area (Å²) >= 11 is 0. The van der Waals surface area contributed by atoms with Gasteiger partial charge in [0.2, 0.25) is 0 Å². The second kappa shape index (κ2) is 13.2. The van der Waals surface area contributed by atoms with Crippen LogP contribution in [0.1, 0.15) is 25.0 Å². The fourth-order valence-corrected chi connectivity index (χ4v) is 2.26. The number of rotatable bonds is 10. The molecule has 0 aliphatic rings. The van der Waals surface area contributed by atoms with Crippen molar-refractivity contribution in [3.05, 3.63) is 59.7 Å². The molecule has 2 rings (SSSR count). The molecule has 2 aromatic carbocycles. The van der Waals surface area contributed by atoms with E-state index >= 15 is 0 Å². The number of carbonyl (C=O) groups is 2. The van der Waals surface area contributed by atoms with Gasteiger partial charge in [0.25, 0.3) is 0 Å². The van der Waals surface area contributed by atoms with E-state index in [1.807, 2.05) is 12.1 Å². The number of ether oxygens (including phenoxy) is 4. The molecule has 8 heteroatoms. The normalized spacial score (nSPS) is 12.1. The standard InChI is InChI=1S/2C11H14O4/c2*1-8(11(12)13)15-10-5-3-4-9(6-10)7-14-2/h2*3-6,8H,7H2,1-2H3,(H,12,13). The van der Waals surface area contributed by atoms with Crippen molar-refractivity contribution >= 4 is 11.9 Å². The third kappa shape index (κ3) is 9.40. The second-order valence-corrected chi connectivity index (χ2v) is 6.36. The van der Waals surface area contributed by atoms with Crippen molar-refractivity contribution in [1.29, 1.82) is 0 Å². The molecular formula is C22H28O8. The first kappa shape index (κ1) is 24.9. The molecule has 0 heterocycles. The molecule has 0 aliphatic heterocycles. The van der Waals surface area contributed by atoms with Gasteiger partial charge in [-0.05, 0) is 49.2 Å². The van der Waals surface area contributed by atoms with Gasteiger partial charge in [-0.1, -0.05) is 24.3 Å². The number of carboxylic acids is 2. The Morgan fingerprint density at radius 2 is 1.13 bits per heavy atom. The summed E-state index contributed by atoms with van der Waals surface area (Å²) in [6, 6.07) is 14.4. The van der Waals surface area contributed by atoms with Crippen molar-refractivity contribution in [1.82, 2.24) is 0 Å². The Kier molecular flexibility index (Phi) is 11.0. The van der Waals surface area contributed by atoms with Crippen LogP contribution in [0.25, 0.3) is 0 Å². The van der Waals surface area contributed by atoms with Gasteiger partial charge in [0.15, 0.2) is 12.2 Å². The number of hydrogen-bond acceptors (Lipinski definition) is 6. The number of hydrogen-bond donors (Lipinski definition) is 2. The number of carboxylic acid groups (broad SMARTS) is 2. The molecule has 2 atom stereocenters. The molecule has 0 amide bonds. The summed E-state index contributed by atoms with van der Waals surface area (Å²) in [4.78, 5) is 21.1. The van der Waals surface area contributed by atoms with Crippen molar-refractivity contribution in [2.24, 2.45) is 0 Å². The summed E-state index contributed by atoms with van der Waals surface area (Å²) < 4.78 is 20.3. The van der Waals surface area contributed by atoms with Gasteiger partial charge in [0.1, 0.15) is 11.5 Å². The van der Waals surface area contributed by atoms with Crippen molar-refractivity contribution in [3.8, 4) is 11.5 Å². The highest BCUT2D eigenvalue weighted by atomic mass is 16.5. The molecule has 2 aromatic rings. The van der Waals surface area contributed by atoms with Gasteiger partial charge in [0, 0.05) is 14.2 Å². The summed E-state index contributed by atoms with van der Waals surface area (Å²) in [5, 5.41) is 17.3. The van der Waals surface area contributed by atoms with Crippen LogP contribution >= 0.6 is 0 Å². The zero-order valence-electron chi connectivity index (χ0n) is 17.5.